The van der Waals surface area contributed by atoms with Crippen LogP contribution in [-0.2, 0) is 6.18 Å². The van der Waals surface area contributed by atoms with Gasteiger partial charge >= 0.3 is 6.18 Å². The van der Waals surface area contributed by atoms with E-state index < -0.39 is 17.6 Å². The molecule has 0 aliphatic carbocycles. The number of nitrogens with zero attached hydrogens (tertiary/aromatic N) is 1. The maximum absolute atomic E-state index is 13.3. The van der Waals surface area contributed by atoms with Crippen molar-refractivity contribution in [1.82, 2.24) is 4.98 Å². The summed E-state index contributed by atoms with van der Waals surface area (Å²) < 4.78 is 50.4. The first kappa shape index (κ1) is 14.9. The van der Waals surface area contributed by atoms with Crippen LogP contribution in [0.15, 0.2) is 40.4 Å². The summed E-state index contributed by atoms with van der Waals surface area (Å²) in [6, 6.07) is 4.45. The minimum absolute atomic E-state index is 0.118. The Balaban J connectivity index is 2.25. The molecule has 2 aromatic rings. The lowest BCUT2D eigenvalue weighted by molar-refractivity contribution is -0.137. The van der Waals surface area contributed by atoms with Gasteiger partial charge in [-0.2, -0.15) is 13.2 Å². The molecule has 2 nitrogen and oxygen atoms in total. The van der Waals surface area contributed by atoms with Gasteiger partial charge in [-0.25, -0.2) is 9.37 Å². The van der Waals surface area contributed by atoms with Crippen LogP contribution in [0.25, 0.3) is 0 Å². The normalized spacial score (nSPS) is 11.7. The molecule has 106 valence electrons. The fraction of sp³-hybridized carbons (Fsp3) is 0.0833. The van der Waals surface area contributed by atoms with Gasteiger partial charge in [-0.15, -0.1) is 0 Å². The summed E-state index contributed by atoms with van der Waals surface area (Å²) >= 11 is 6.51. The van der Waals surface area contributed by atoms with Gasteiger partial charge in [0, 0.05) is 16.8 Å². The molecule has 0 radical (unpaired) electrons. The molecule has 0 saturated heterocycles. The number of benzene rings is 1. The third kappa shape index (κ3) is 3.34. The fourth-order valence-corrected chi connectivity index (χ4v) is 2.33. The maximum atomic E-state index is 13.3. The van der Waals surface area contributed by atoms with Crippen LogP contribution >= 0.6 is 23.4 Å². The van der Waals surface area contributed by atoms with Gasteiger partial charge in [-0.1, -0.05) is 23.4 Å². The van der Waals surface area contributed by atoms with Crippen molar-refractivity contribution in [3.63, 3.8) is 0 Å². The molecule has 0 fully saturated rings. The predicted molar refractivity (Wildman–Crippen MR) is 69.2 cm³/mol. The summed E-state index contributed by atoms with van der Waals surface area (Å²) in [4.78, 5) is 4.00. The summed E-state index contributed by atoms with van der Waals surface area (Å²) in [5, 5.41) is 0.152. The lowest BCUT2D eigenvalue weighted by Crippen LogP contribution is -2.05. The zero-order chi connectivity index (χ0) is 14.9. The largest absolute Gasteiger partial charge is 0.417 e. The Morgan fingerprint density at radius 3 is 2.45 bits per heavy atom. The average Bonchev–Trinajstić information content (AvgIpc) is 2.35. The highest BCUT2D eigenvalue weighted by atomic mass is 35.5. The molecule has 1 aromatic carbocycles. The molecule has 0 aliphatic rings. The predicted octanol–water partition coefficient (Wildman–Crippen LogP) is 4.63. The molecular weight excluding hydrogens is 316 g/mol. The van der Waals surface area contributed by atoms with Gasteiger partial charge < -0.3 is 5.73 Å². The molecule has 0 bridgehead atoms. The van der Waals surface area contributed by atoms with Gasteiger partial charge in [0.25, 0.3) is 0 Å². The van der Waals surface area contributed by atoms with E-state index in [2.05, 4.69) is 4.98 Å². The van der Waals surface area contributed by atoms with Gasteiger partial charge in [0.1, 0.15) is 10.8 Å². The van der Waals surface area contributed by atoms with Crippen LogP contribution in [0.1, 0.15) is 5.56 Å². The third-order valence-corrected chi connectivity index (χ3v) is 3.64. The standard InChI is InChI=1S/C12H7ClF4N2S/c13-7-3-9(18)10(4-8(7)14)20-11-2-1-6(5-19-11)12(15,16)17/h1-5H,18H2. The molecule has 2 rings (SSSR count). The van der Waals surface area contributed by atoms with Gasteiger partial charge in [0.05, 0.1) is 10.6 Å². The van der Waals surface area contributed by atoms with E-state index in [1.807, 2.05) is 0 Å². The highest BCUT2D eigenvalue weighted by Gasteiger charge is 2.30. The molecule has 20 heavy (non-hydrogen) atoms. The van der Waals surface area contributed by atoms with Crippen LogP contribution in [0.2, 0.25) is 5.02 Å². The molecule has 0 unspecified atom stereocenters. The number of pyridine rings is 1. The second-order valence-corrected chi connectivity index (χ2v) is 5.26. The van der Waals surface area contributed by atoms with Crippen molar-refractivity contribution in [2.45, 2.75) is 16.1 Å². The van der Waals surface area contributed by atoms with E-state index in [0.29, 0.717) is 11.1 Å². The Labute approximate surface area is 121 Å². The first-order valence-corrected chi connectivity index (χ1v) is 6.42. The molecule has 0 aliphatic heterocycles. The molecule has 8 heteroatoms. The zero-order valence-electron chi connectivity index (χ0n) is 9.71. The summed E-state index contributed by atoms with van der Waals surface area (Å²) in [5.41, 5.74) is 5.03. The van der Waals surface area contributed by atoms with E-state index in [4.69, 9.17) is 17.3 Å². The molecule has 0 spiro atoms. The molecule has 0 atom stereocenters. The number of halogens is 5. The van der Waals surface area contributed by atoms with Crippen LogP contribution < -0.4 is 5.73 Å². The Hall–Kier alpha value is -1.47. The van der Waals surface area contributed by atoms with Crippen LogP contribution in [0, 0.1) is 5.82 Å². The van der Waals surface area contributed by atoms with Crippen molar-refractivity contribution in [1.29, 1.82) is 0 Å². The van der Waals surface area contributed by atoms with Gasteiger partial charge in [-0.05, 0) is 24.3 Å². The third-order valence-electron chi connectivity index (χ3n) is 2.33. The number of hydrogen-bond donors (Lipinski definition) is 1. The van der Waals surface area contributed by atoms with E-state index >= 15 is 0 Å². The lowest BCUT2D eigenvalue weighted by atomic mass is 10.3. The first-order chi connectivity index (χ1) is 9.27. The quantitative estimate of drug-likeness (QED) is 0.647. The summed E-state index contributed by atoms with van der Waals surface area (Å²) in [6.45, 7) is 0. The van der Waals surface area contributed by atoms with Gasteiger partial charge in [-0.3, -0.25) is 0 Å². The first-order valence-electron chi connectivity index (χ1n) is 5.23. The maximum Gasteiger partial charge on any atom is 0.417 e. The van der Waals surface area contributed by atoms with E-state index in [9.17, 15) is 17.6 Å². The van der Waals surface area contributed by atoms with Crippen molar-refractivity contribution in [3.8, 4) is 0 Å². The number of alkyl halides is 3. The van der Waals surface area contributed by atoms with Crippen LogP contribution in [0.5, 0.6) is 0 Å². The number of nitrogens with two attached hydrogens (primary N) is 1. The van der Waals surface area contributed by atoms with Crippen molar-refractivity contribution in [3.05, 3.63) is 46.9 Å². The highest BCUT2D eigenvalue weighted by Crippen LogP contribution is 2.35. The smallest absolute Gasteiger partial charge is 0.398 e. The summed E-state index contributed by atoms with van der Waals surface area (Å²) in [7, 11) is 0. The number of aromatic nitrogens is 1. The van der Waals surface area contributed by atoms with Gasteiger partial charge in [0.2, 0.25) is 0 Å². The van der Waals surface area contributed by atoms with Crippen molar-refractivity contribution >= 4 is 29.1 Å². The summed E-state index contributed by atoms with van der Waals surface area (Å²) in [5.74, 6) is -0.657. The molecule has 0 saturated carbocycles. The molecule has 1 heterocycles. The fourth-order valence-electron chi connectivity index (χ4n) is 1.35. The number of anilines is 1. The minimum Gasteiger partial charge on any atom is -0.398 e. The molecule has 0 amide bonds. The second-order valence-electron chi connectivity index (χ2n) is 3.79. The second kappa shape index (κ2) is 5.49. The Morgan fingerprint density at radius 1 is 1.20 bits per heavy atom. The van der Waals surface area contributed by atoms with E-state index in [0.717, 1.165) is 23.9 Å². The van der Waals surface area contributed by atoms with Gasteiger partial charge in [0.15, 0.2) is 0 Å². The van der Waals surface area contributed by atoms with Crippen LogP contribution in [-0.4, -0.2) is 4.98 Å². The zero-order valence-corrected chi connectivity index (χ0v) is 11.3. The van der Waals surface area contributed by atoms with Crippen molar-refractivity contribution < 1.29 is 17.6 Å². The molecular formula is C12H7ClF4N2S. The molecule has 2 N–H and O–H groups in total. The minimum atomic E-state index is -4.44. The topological polar surface area (TPSA) is 38.9 Å². The van der Waals surface area contributed by atoms with Crippen molar-refractivity contribution in [2.75, 3.05) is 5.73 Å². The number of nitrogen functional groups attached to an aromatic ring is 1. The van der Waals surface area contributed by atoms with E-state index in [1.54, 1.807) is 0 Å². The van der Waals surface area contributed by atoms with Crippen LogP contribution in [0.3, 0.4) is 0 Å². The lowest BCUT2D eigenvalue weighted by Gasteiger charge is -2.08. The number of hydrogen-bond acceptors (Lipinski definition) is 3. The summed E-state index contributed by atoms with van der Waals surface area (Å²) in [6.07, 6.45) is -3.73. The molecule has 1 aromatic heterocycles. The average molecular weight is 323 g/mol. The monoisotopic (exact) mass is 322 g/mol. The Morgan fingerprint density at radius 2 is 1.90 bits per heavy atom. The highest BCUT2D eigenvalue weighted by molar-refractivity contribution is 7.99. The van der Waals surface area contributed by atoms with Crippen molar-refractivity contribution in [2.24, 2.45) is 0 Å². The van der Waals surface area contributed by atoms with E-state index in [-0.39, 0.29) is 15.7 Å². The SMILES string of the molecule is Nc1cc(Cl)c(F)cc1Sc1ccc(C(F)(F)F)cn1. The van der Waals surface area contributed by atoms with Crippen LogP contribution in [0.4, 0.5) is 23.2 Å². The number of rotatable bonds is 2. The van der Waals surface area contributed by atoms with E-state index in [1.165, 1.54) is 12.1 Å². The Bertz CT molecular complexity index is 629. The Kier molecular flexibility index (Phi) is 4.10.